The molecule has 3 aromatic rings. The summed E-state index contributed by atoms with van der Waals surface area (Å²) in [4.78, 5) is 36.9. The molecule has 7 heteroatoms. The van der Waals surface area contributed by atoms with E-state index in [-0.39, 0.29) is 17.6 Å². The molecular formula is C22H27N5O2. The first-order valence-electron chi connectivity index (χ1n) is 10.1. The average Bonchev–Trinajstić information content (AvgIpc) is 3.07. The molecule has 1 atom stereocenters. The van der Waals surface area contributed by atoms with Crippen molar-refractivity contribution in [1.29, 1.82) is 0 Å². The van der Waals surface area contributed by atoms with E-state index in [4.69, 9.17) is 0 Å². The fraction of sp³-hybridized carbons (Fsp3) is 0.409. The Morgan fingerprint density at radius 1 is 1.28 bits per heavy atom. The fourth-order valence-electron chi connectivity index (χ4n) is 4.04. The van der Waals surface area contributed by atoms with E-state index < -0.39 is 0 Å². The van der Waals surface area contributed by atoms with Gasteiger partial charge in [0.25, 0.3) is 5.91 Å². The second-order valence-electron chi connectivity index (χ2n) is 7.98. The van der Waals surface area contributed by atoms with Crippen LogP contribution in [0.5, 0.6) is 0 Å². The van der Waals surface area contributed by atoms with Crippen molar-refractivity contribution in [2.45, 2.75) is 25.3 Å². The Labute approximate surface area is 170 Å². The molecule has 152 valence electrons. The molecule has 3 heterocycles. The van der Waals surface area contributed by atoms with Gasteiger partial charge in [0.2, 0.25) is 0 Å². The van der Waals surface area contributed by atoms with Crippen LogP contribution in [0.2, 0.25) is 0 Å². The van der Waals surface area contributed by atoms with E-state index in [9.17, 15) is 9.59 Å². The molecule has 29 heavy (non-hydrogen) atoms. The lowest BCUT2D eigenvalue weighted by molar-refractivity contribution is 0.0679. The number of hydrogen-bond donors (Lipinski definition) is 1. The smallest absolute Gasteiger partial charge is 0.327 e. The van der Waals surface area contributed by atoms with Gasteiger partial charge in [0.15, 0.2) is 5.65 Å². The normalized spacial score (nSPS) is 17.2. The van der Waals surface area contributed by atoms with Crippen LogP contribution in [0.1, 0.15) is 34.8 Å². The molecule has 0 spiro atoms. The van der Waals surface area contributed by atoms with E-state index >= 15 is 0 Å². The molecule has 0 saturated carbocycles. The molecule has 1 aliphatic rings. The van der Waals surface area contributed by atoms with Crippen LogP contribution in [0.3, 0.4) is 0 Å². The minimum Gasteiger partial charge on any atom is -0.337 e. The third kappa shape index (κ3) is 4.10. The lowest BCUT2D eigenvalue weighted by Gasteiger charge is -2.33. The van der Waals surface area contributed by atoms with Gasteiger partial charge in [-0.1, -0.05) is 12.1 Å². The Hall–Kier alpha value is -2.93. The van der Waals surface area contributed by atoms with E-state index in [1.54, 1.807) is 10.8 Å². The van der Waals surface area contributed by atoms with Crippen molar-refractivity contribution in [3.8, 4) is 0 Å². The summed E-state index contributed by atoms with van der Waals surface area (Å²) in [5, 5.41) is 0. The minimum atomic E-state index is -0.163. The molecule has 4 rings (SSSR count). The third-order valence-electron chi connectivity index (χ3n) is 5.55. The van der Waals surface area contributed by atoms with Crippen LogP contribution in [0, 0.1) is 0 Å². The van der Waals surface area contributed by atoms with E-state index in [1.807, 2.05) is 49.3 Å². The number of imidazole rings is 1. The van der Waals surface area contributed by atoms with Gasteiger partial charge in [-0.15, -0.1) is 0 Å². The fourth-order valence-corrected chi connectivity index (χ4v) is 4.04. The Morgan fingerprint density at radius 3 is 2.97 bits per heavy atom. The lowest BCUT2D eigenvalue weighted by Crippen LogP contribution is -2.42. The second-order valence-corrected chi connectivity index (χ2v) is 7.98. The highest BCUT2D eigenvalue weighted by Gasteiger charge is 2.28. The summed E-state index contributed by atoms with van der Waals surface area (Å²) in [6.07, 6.45) is 4.32. The van der Waals surface area contributed by atoms with Crippen molar-refractivity contribution in [3.63, 3.8) is 0 Å². The molecule has 0 bridgehead atoms. The van der Waals surface area contributed by atoms with Crippen LogP contribution < -0.4 is 5.69 Å². The molecule has 1 N–H and O–H groups in total. The Morgan fingerprint density at radius 2 is 2.14 bits per heavy atom. The van der Waals surface area contributed by atoms with Gasteiger partial charge in [0, 0.05) is 31.4 Å². The van der Waals surface area contributed by atoms with Crippen LogP contribution in [0.4, 0.5) is 0 Å². The number of likely N-dealkylation sites (tertiary alicyclic amines) is 1. The maximum atomic E-state index is 13.2. The number of aromatic nitrogens is 3. The molecule has 2 aromatic heterocycles. The highest BCUT2D eigenvalue weighted by molar-refractivity contribution is 5.94. The number of pyridine rings is 1. The SMILES string of the molecule is CN(C)CCc1cccc(C(=O)N2CCCC(n3c(=O)[nH]c4cccnc43)C2)c1. The summed E-state index contributed by atoms with van der Waals surface area (Å²) in [6.45, 7) is 2.17. The van der Waals surface area contributed by atoms with Crippen molar-refractivity contribution in [1.82, 2.24) is 24.3 Å². The molecule has 1 fully saturated rings. The number of nitrogens with one attached hydrogen (secondary N) is 1. The summed E-state index contributed by atoms with van der Waals surface area (Å²) in [5.41, 5.74) is 3.10. The van der Waals surface area contributed by atoms with Crippen LogP contribution >= 0.6 is 0 Å². The van der Waals surface area contributed by atoms with E-state index in [1.165, 1.54) is 0 Å². The maximum absolute atomic E-state index is 13.2. The molecule has 0 radical (unpaired) electrons. The average molecular weight is 393 g/mol. The number of amides is 1. The van der Waals surface area contributed by atoms with Crippen LogP contribution in [-0.4, -0.2) is 64.0 Å². The number of hydrogen-bond acceptors (Lipinski definition) is 4. The molecule has 1 saturated heterocycles. The van der Waals surface area contributed by atoms with E-state index in [0.717, 1.165) is 36.9 Å². The molecule has 1 unspecified atom stereocenters. The van der Waals surface area contributed by atoms with Gasteiger partial charge in [0.1, 0.15) is 0 Å². The monoisotopic (exact) mass is 393 g/mol. The highest BCUT2D eigenvalue weighted by Crippen LogP contribution is 2.24. The summed E-state index contributed by atoms with van der Waals surface area (Å²) < 4.78 is 1.71. The number of nitrogens with zero attached hydrogens (tertiary/aromatic N) is 4. The number of H-pyrrole nitrogens is 1. The Bertz CT molecular complexity index is 1070. The van der Waals surface area contributed by atoms with E-state index in [2.05, 4.69) is 20.9 Å². The largest absolute Gasteiger partial charge is 0.337 e. The number of likely N-dealkylation sites (N-methyl/N-ethyl adjacent to an activating group) is 1. The first-order chi connectivity index (χ1) is 14.0. The van der Waals surface area contributed by atoms with Crippen molar-refractivity contribution in [2.75, 3.05) is 33.7 Å². The van der Waals surface area contributed by atoms with Gasteiger partial charge < -0.3 is 14.8 Å². The summed E-state index contributed by atoms with van der Waals surface area (Å²) >= 11 is 0. The molecular weight excluding hydrogens is 366 g/mol. The van der Waals surface area contributed by atoms with Crippen molar-refractivity contribution in [2.24, 2.45) is 0 Å². The highest BCUT2D eigenvalue weighted by atomic mass is 16.2. The van der Waals surface area contributed by atoms with Crippen molar-refractivity contribution in [3.05, 3.63) is 64.2 Å². The number of aromatic amines is 1. The number of piperidine rings is 1. The Balaban J connectivity index is 1.54. The van der Waals surface area contributed by atoms with Crippen LogP contribution in [-0.2, 0) is 6.42 Å². The molecule has 1 amide bonds. The number of fused-ring (bicyclic) bond motifs is 1. The van der Waals surface area contributed by atoms with Gasteiger partial charge in [-0.2, -0.15) is 0 Å². The molecule has 7 nitrogen and oxygen atoms in total. The predicted octanol–water partition coefficient (Wildman–Crippen LogP) is 2.31. The topological polar surface area (TPSA) is 74.2 Å². The quantitative estimate of drug-likeness (QED) is 0.722. The minimum absolute atomic E-state index is 0.0299. The summed E-state index contributed by atoms with van der Waals surface area (Å²) in [6, 6.07) is 11.5. The van der Waals surface area contributed by atoms with Gasteiger partial charge >= 0.3 is 5.69 Å². The lowest BCUT2D eigenvalue weighted by atomic mass is 10.0. The predicted molar refractivity (Wildman–Crippen MR) is 113 cm³/mol. The maximum Gasteiger partial charge on any atom is 0.327 e. The van der Waals surface area contributed by atoms with Gasteiger partial charge in [0.05, 0.1) is 11.6 Å². The van der Waals surface area contributed by atoms with Crippen molar-refractivity contribution >= 4 is 17.1 Å². The Kier molecular flexibility index (Phi) is 5.49. The summed E-state index contributed by atoms with van der Waals surface area (Å²) in [7, 11) is 4.09. The number of benzene rings is 1. The zero-order valence-electron chi connectivity index (χ0n) is 17.0. The van der Waals surface area contributed by atoms with Gasteiger partial charge in [-0.25, -0.2) is 9.78 Å². The van der Waals surface area contributed by atoms with Crippen LogP contribution in [0.15, 0.2) is 47.4 Å². The first kappa shape index (κ1) is 19.4. The van der Waals surface area contributed by atoms with E-state index in [0.29, 0.717) is 24.3 Å². The zero-order chi connectivity index (χ0) is 20.4. The number of rotatable bonds is 5. The first-order valence-corrected chi connectivity index (χ1v) is 10.1. The van der Waals surface area contributed by atoms with Gasteiger partial charge in [-0.05, 0) is 63.2 Å². The molecule has 0 aliphatic carbocycles. The van der Waals surface area contributed by atoms with Crippen molar-refractivity contribution < 1.29 is 4.79 Å². The third-order valence-corrected chi connectivity index (χ3v) is 5.55. The number of carbonyl (C=O) groups excluding carboxylic acids is 1. The molecule has 1 aromatic carbocycles. The second kappa shape index (κ2) is 8.21. The molecule has 1 aliphatic heterocycles. The summed E-state index contributed by atoms with van der Waals surface area (Å²) in [5.74, 6) is 0.0299. The van der Waals surface area contributed by atoms with Crippen LogP contribution in [0.25, 0.3) is 11.2 Å². The standard InChI is InChI=1S/C22H27N5O2/c1-25(2)13-10-16-6-3-7-17(14-16)21(28)26-12-5-8-18(15-26)27-20-19(24-22(27)29)9-4-11-23-20/h3-4,6-7,9,11,14,18H,5,8,10,12-13,15H2,1-2H3,(H,24,29). The number of carbonyl (C=O) groups is 1. The zero-order valence-corrected chi connectivity index (χ0v) is 17.0. The van der Waals surface area contributed by atoms with Gasteiger partial charge in [-0.3, -0.25) is 9.36 Å².